The van der Waals surface area contributed by atoms with E-state index in [1.165, 1.54) is 11.3 Å². The molecular weight excluding hydrogens is 450 g/mol. The average molecular weight is 478 g/mol. The molecule has 0 radical (unpaired) electrons. The molecule has 4 N–H and O–H groups in total. The highest BCUT2D eigenvalue weighted by Gasteiger charge is 2.20. The second kappa shape index (κ2) is 10.9. The molecule has 0 fully saturated rings. The van der Waals surface area contributed by atoms with Crippen molar-refractivity contribution in [1.29, 1.82) is 0 Å². The van der Waals surface area contributed by atoms with E-state index < -0.39 is 0 Å². The van der Waals surface area contributed by atoms with Crippen LogP contribution in [0.25, 0.3) is 22.5 Å². The molecule has 0 spiro atoms. The Bertz CT molecular complexity index is 1230. The van der Waals surface area contributed by atoms with Gasteiger partial charge in [-0.2, -0.15) is 5.10 Å². The maximum absolute atomic E-state index is 12.6. The molecule has 176 valence electrons. The Labute approximate surface area is 201 Å². The molecule has 34 heavy (non-hydrogen) atoms. The van der Waals surface area contributed by atoms with Gasteiger partial charge in [-0.25, -0.2) is 9.97 Å². The predicted octanol–water partition coefficient (Wildman–Crippen LogP) is 3.84. The van der Waals surface area contributed by atoms with Crippen LogP contribution in [0.3, 0.4) is 0 Å². The van der Waals surface area contributed by atoms with Gasteiger partial charge in [-0.1, -0.05) is 37.1 Å². The number of thiazole rings is 1. The van der Waals surface area contributed by atoms with Gasteiger partial charge in [-0.3, -0.25) is 14.3 Å². The van der Waals surface area contributed by atoms with Crippen molar-refractivity contribution >= 4 is 23.2 Å². The monoisotopic (exact) mass is 477 g/mol. The van der Waals surface area contributed by atoms with Gasteiger partial charge in [-0.15, -0.1) is 11.3 Å². The van der Waals surface area contributed by atoms with Crippen molar-refractivity contribution in [3.8, 4) is 22.5 Å². The number of carbonyl (C=O) groups excluding carboxylic acids is 2. The molecule has 0 bridgehead atoms. The molecule has 9 nitrogen and oxygen atoms in total. The van der Waals surface area contributed by atoms with Gasteiger partial charge in [0.1, 0.15) is 11.5 Å². The van der Waals surface area contributed by atoms with Gasteiger partial charge in [0.25, 0.3) is 5.91 Å². The molecular formula is C24H27N7O2S. The summed E-state index contributed by atoms with van der Waals surface area (Å²) in [5.74, 6) is 0.154. The zero-order chi connectivity index (χ0) is 23.9. The lowest BCUT2D eigenvalue weighted by atomic mass is 10.1. The molecule has 0 aliphatic heterocycles. The van der Waals surface area contributed by atoms with Gasteiger partial charge in [-0.05, 0) is 24.5 Å². The van der Waals surface area contributed by atoms with Crippen LogP contribution in [-0.2, 0) is 11.8 Å². The van der Waals surface area contributed by atoms with Crippen molar-refractivity contribution in [1.82, 2.24) is 30.0 Å². The number of H-pyrrole nitrogens is 1. The third-order valence-corrected chi connectivity index (χ3v) is 6.10. The van der Waals surface area contributed by atoms with Crippen molar-refractivity contribution in [3.05, 3.63) is 65.1 Å². The highest BCUT2D eigenvalue weighted by molar-refractivity contribution is 7.07. The van der Waals surface area contributed by atoms with Crippen molar-refractivity contribution in [2.75, 3.05) is 0 Å². The number of imidazole rings is 1. The first kappa shape index (κ1) is 23.4. The lowest BCUT2D eigenvalue weighted by Crippen LogP contribution is -2.29. The van der Waals surface area contributed by atoms with Crippen LogP contribution in [0.5, 0.6) is 0 Å². The van der Waals surface area contributed by atoms with Gasteiger partial charge in [0, 0.05) is 30.6 Å². The second-order valence-electron chi connectivity index (χ2n) is 8.10. The van der Waals surface area contributed by atoms with Crippen LogP contribution in [0, 0.1) is 0 Å². The molecule has 4 rings (SSSR count). The Morgan fingerprint density at radius 3 is 2.59 bits per heavy atom. The topological polar surface area (TPSA) is 132 Å². The Hall–Kier alpha value is -3.79. The molecule has 0 aliphatic carbocycles. The number of unbranched alkanes of at least 4 members (excludes halogenated alkanes) is 2. The molecule has 3 heterocycles. The first-order chi connectivity index (χ1) is 16.5. The molecule has 1 atom stereocenters. The molecule has 3 aromatic heterocycles. The van der Waals surface area contributed by atoms with Crippen LogP contribution in [0.2, 0.25) is 0 Å². The number of hydrogen-bond acceptors (Lipinski definition) is 6. The van der Waals surface area contributed by atoms with Gasteiger partial charge in [0.05, 0.1) is 29.1 Å². The summed E-state index contributed by atoms with van der Waals surface area (Å²) in [4.78, 5) is 35.6. The van der Waals surface area contributed by atoms with Gasteiger partial charge in [0.2, 0.25) is 5.91 Å². The van der Waals surface area contributed by atoms with E-state index in [0.29, 0.717) is 24.4 Å². The number of aromatic amines is 1. The minimum absolute atomic E-state index is 0.235. The fourth-order valence-electron chi connectivity index (χ4n) is 3.71. The molecule has 4 aromatic rings. The lowest BCUT2D eigenvalue weighted by molar-refractivity contribution is -0.118. The van der Waals surface area contributed by atoms with E-state index in [9.17, 15) is 9.59 Å². The standard InChI is InChI=1S/C24H27N7O2S/c1-31-12-11-18(30-31)16-7-9-17(10-8-16)20-13-26-23(28-20)19(5-3-2-4-6-22(25)32)29-24(33)21-14-34-15-27-21/h7-15,19H,2-6H2,1H3,(H2,25,32)(H,26,28)(H,29,33)/t19-/m0/s1. The number of aromatic nitrogens is 5. The van der Waals surface area contributed by atoms with Crippen molar-refractivity contribution < 1.29 is 9.59 Å². The summed E-state index contributed by atoms with van der Waals surface area (Å²) in [7, 11) is 1.89. The third kappa shape index (κ3) is 5.96. The van der Waals surface area contributed by atoms with Crippen molar-refractivity contribution in [3.63, 3.8) is 0 Å². The summed E-state index contributed by atoms with van der Waals surface area (Å²) in [6.45, 7) is 0. The molecule has 2 amide bonds. The zero-order valence-electron chi connectivity index (χ0n) is 18.9. The molecule has 10 heteroatoms. The van der Waals surface area contributed by atoms with Crippen molar-refractivity contribution in [2.24, 2.45) is 12.8 Å². The van der Waals surface area contributed by atoms with Gasteiger partial charge < -0.3 is 16.0 Å². The minimum Gasteiger partial charge on any atom is -0.370 e. The lowest BCUT2D eigenvalue weighted by Gasteiger charge is -2.16. The summed E-state index contributed by atoms with van der Waals surface area (Å²) < 4.78 is 1.78. The van der Waals surface area contributed by atoms with Crippen LogP contribution in [0.1, 0.15) is 54.5 Å². The SMILES string of the molecule is Cn1ccc(-c2ccc(-c3cnc([C@H](CCCCCC(N)=O)NC(=O)c4cscn4)[nH]3)cc2)n1. The molecule has 0 unspecified atom stereocenters. The average Bonchev–Trinajstić information content (AvgIpc) is 3.60. The Morgan fingerprint density at radius 1 is 1.12 bits per heavy atom. The van der Waals surface area contributed by atoms with Gasteiger partial charge >= 0.3 is 0 Å². The van der Waals surface area contributed by atoms with E-state index in [2.05, 4.69) is 25.4 Å². The highest BCUT2D eigenvalue weighted by atomic mass is 32.1. The van der Waals surface area contributed by atoms with E-state index in [4.69, 9.17) is 5.73 Å². The second-order valence-corrected chi connectivity index (χ2v) is 8.82. The Kier molecular flexibility index (Phi) is 7.48. The number of benzene rings is 1. The number of nitrogens with zero attached hydrogens (tertiary/aromatic N) is 4. The normalized spacial score (nSPS) is 11.9. The first-order valence-corrected chi connectivity index (χ1v) is 12.1. The number of hydrogen-bond donors (Lipinski definition) is 3. The number of nitrogens with two attached hydrogens (primary N) is 1. The molecule has 0 saturated carbocycles. The highest BCUT2D eigenvalue weighted by Crippen LogP contribution is 2.25. The summed E-state index contributed by atoms with van der Waals surface area (Å²) >= 11 is 1.38. The smallest absolute Gasteiger partial charge is 0.271 e. The number of aryl methyl sites for hydroxylation is 1. The summed E-state index contributed by atoms with van der Waals surface area (Å²) in [5.41, 5.74) is 11.1. The third-order valence-electron chi connectivity index (χ3n) is 5.52. The number of primary amides is 1. The van der Waals surface area contributed by atoms with Crippen LogP contribution >= 0.6 is 11.3 Å². The van der Waals surface area contributed by atoms with Crippen LogP contribution in [0.15, 0.2) is 53.6 Å². The largest absolute Gasteiger partial charge is 0.370 e. The number of carbonyl (C=O) groups is 2. The van der Waals surface area contributed by atoms with E-state index in [-0.39, 0.29) is 17.9 Å². The van der Waals surface area contributed by atoms with Crippen LogP contribution < -0.4 is 11.1 Å². The molecule has 1 aromatic carbocycles. The van der Waals surface area contributed by atoms with Crippen LogP contribution in [0.4, 0.5) is 0 Å². The van der Waals surface area contributed by atoms with E-state index >= 15 is 0 Å². The maximum Gasteiger partial charge on any atom is 0.271 e. The number of amides is 2. The zero-order valence-corrected chi connectivity index (χ0v) is 19.7. The van der Waals surface area contributed by atoms with E-state index in [1.54, 1.807) is 21.8 Å². The first-order valence-electron chi connectivity index (χ1n) is 11.1. The molecule has 0 aliphatic rings. The summed E-state index contributed by atoms with van der Waals surface area (Å²) in [6.07, 6.45) is 7.14. The summed E-state index contributed by atoms with van der Waals surface area (Å²) in [5, 5.41) is 9.20. The van der Waals surface area contributed by atoms with E-state index in [1.807, 2.05) is 43.6 Å². The number of rotatable bonds is 11. The number of nitrogens with one attached hydrogen (secondary N) is 2. The van der Waals surface area contributed by atoms with Crippen molar-refractivity contribution in [2.45, 2.75) is 38.1 Å². The fourth-order valence-corrected chi connectivity index (χ4v) is 4.24. The van der Waals surface area contributed by atoms with Crippen LogP contribution in [-0.4, -0.2) is 36.5 Å². The minimum atomic E-state index is -0.302. The molecule has 0 saturated heterocycles. The summed E-state index contributed by atoms with van der Waals surface area (Å²) in [6, 6.07) is 9.77. The quantitative estimate of drug-likeness (QED) is 0.282. The van der Waals surface area contributed by atoms with Gasteiger partial charge in [0.15, 0.2) is 0 Å². The fraction of sp³-hybridized carbons (Fsp3) is 0.292. The maximum atomic E-state index is 12.6. The van der Waals surface area contributed by atoms with E-state index in [0.717, 1.165) is 41.8 Å². The Balaban J connectivity index is 1.47. The predicted molar refractivity (Wildman–Crippen MR) is 131 cm³/mol. The Morgan fingerprint density at radius 2 is 1.91 bits per heavy atom.